The van der Waals surface area contributed by atoms with Gasteiger partial charge < -0.3 is 30.0 Å². The largest absolute Gasteiger partial charge is 0.377 e. The second-order valence-corrected chi connectivity index (χ2v) is 6.71. The average Bonchev–Trinajstić information content (AvgIpc) is 3.21. The van der Waals surface area contributed by atoms with Crippen LogP contribution in [0.15, 0.2) is 18.3 Å². The Balaban J connectivity index is 1.81. The van der Waals surface area contributed by atoms with Crippen LogP contribution in [0.3, 0.4) is 0 Å². The molecule has 28 heavy (non-hydrogen) atoms. The minimum Gasteiger partial charge on any atom is -0.377 e. The Morgan fingerprint density at radius 2 is 2.21 bits per heavy atom. The topological polar surface area (TPSA) is 119 Å². The third-order valence-corrected chi connectivity index (χ3v) is 4.85. The summed E-state index contributed by atoms with van der Waals surface area (Å²) in [5.41, 5.74) is 1.17. The molecule has 0 saturated carbocycles. The van der Waals surface area contributed by atoms with Gasteiger partial charge in [-0.05, 0) is 6.92 Å². The number of pyridine rings is 1. The van der Waals surface area contributed by atoms with Crippen molar-refractivity contribution >= 4 is 35.3 Å². The molecule has 4 rings (SSSR count). The highest BCUT2D eigenvalue weighted by atomic mass is 16.5. The smallest absolute Gasteiger partial charge is 0.253 e. The van der Waals surface area contributed by atoms with Gasteiger partial charge in [-0.2, -0.15) is 5.10 Å². The number of H-pyrrole nitrogens is 1. The maximum atomic E-state index is 12.5. The van der Waals surface area contributed by atoms with Gasteiger partial charge in [0.15, 0.2) is 5.82 Å². The van der Waals surface area contributed by atoms with Crippen molar-refractivity contribution in [1.29, 1.82) is 5.41 Å². The molecule has 0 spiro atoms. The Labute approximate surface area is 162 Å². The molecule has 10 heteroatoms. The van der Waals surface area contributed by atoms with Gasteiger partial charge in [-0.3, -0.25) is 9.89 Å². The van der Waals surface area contributed by atoms with Crippen LogP contribution in [0, 0.1) is 5.41 Å². The molecule has 0 bridgehead atoms. The average molecular weight is 385 g/mol. The zero-order valence-electron chi connectivity index (χ0n) is 15.6. The number of nitrogens with zero attached hydrogens (tertiary/aromatic N) is 4. The van der Waals surface area contributed by atoms with Crippen molar-refractivity contribution in [2.45, 2.75) is 13.0 Å². The van der Waals surface area contributed by atoms with E-state index in [1.54, 1.807) is 17.2 Å². The highest BCUT2D eigenvalue weighted by molar-refractivity contribution is 6.03. The van der Waals surface area contributed by atoms with Crippen molar-refractivity contribution in [1.82, 2.24) is 15.2 Å². The number of rotatable bonds is 5. The van der Waals surface area contributed by atoms with E-state index in [1.165, 1.54) is 6.21 Å². The van der Waals surface area contributed by atoms with Gasteiger partial charge in [0, 0.05) is 37.6 Å². The second kappa shape index (κ2) is 7.95. The molecule has 2 saturated heterocycles. The fourth-order valence-corrected chi connectivity index (χ4v) is 3.43. The van der Waals surface area contributed by atoms with Gasteiger partial charge in [0.2, 0.25) is 0 Å². The molecule has 0 unspecified atom stereocenters. The maximum absolute atomic E-state index is 12.5. The zero-order chi connectivity index (χ0) is 19.5. The summed E-state index contributed by atoms with van der Waals surface area (Å²) in [5, 5.41) is 18.0. The summed E-state index contributed by atoms with van der Waals surface area (Å²) < 4.78 is 10.8. The number of hydrogen-bond donors (Lipinski definition) is 3. The van der Waals surface area contributed by atoms with Crippen molar-refractivity contribution in [3.8, 4) is 0 Å². The molecule has 2 aromatic rings. The first kappa shape index (κ1) is 18.4. The van der Waals surface area contributed by atoms with Crippen LogP contribution in [-0.2, 0) is 14.3 Å². The Bertz CT molecular complexity index is 855. The summed E-state index contributed by atoms with van der Waals surface area (Å²) in [6.45, 7) is 4.93. The van der Waals surface area contributed by atoms with E-state index in [0.29, 0.717) is 55.8 Å². The van der Waals surface area contributed by atoms with E-state index in [2.05, 4.69) is 27.3 Å². The number of anilines is 4. The molecule has 4 heterocycles. The molecule has 0 radical (unpaired) electrons. The van der Waals surface area contributed by atoms with Crippen LogP contribution in [0.5, 0.6) is 0 Å². The van der Waals surface area contributed by atoms with E-state index in [-0.39, 0.29) is 18.6 Å². The predicted octanol–water partition coefficient (Wildman–Crippen LogP) is 1.13. The highest BCUT2D eigenvalue weighted by Gasteiger charge is 2.28. The summed E-state index contributed by atoms with van der Waals surface area (Å²) in [4.78, 5) is 21.1. The molecular formula is C18H23N7O3. The SMILES string of the molecule is C[C@@H]1COCCN1c1cc(N2CCOCC2=O)c(C=N)c(Nc2cc[nH]n2)n1. The standard InChI is InChI=1S/C18H23N7O3/c1-12-10-27-6-4-24(12)16-8-14(25-5-7-28-11-17(25)26)13(9-19)18(22-16)21-15-2-3-20-23-15/h2-3,8-9,12,19H,4-7,10-11H2,1H3,(H2,20,21,22,23)/t12-/m1/s1. The highest BCUT2D eigenvalue weighted by Crippen LogP contribution is 2.33. The third kappa shape index (κ3) is 3.56. The predicted molar refractivity (Wildman–Crippen MR) is 105 cm³/mol. The number of ether oxygens (including phenoxy) is 2. The van der Waals surface area contributed by atoms with Gasteiger partial charge in [-0.1, -0.05) is 0 Å². The zero-order valence-corrected chi connectivity index (χ0v) is 15.6. The number of amides is 1. The summed E-state index contributed by atoms with van der Waals surface area (Å²) in [7, 11) is 0. The summed E-state index contributed by atoms with van der Waals surface area (Å²) in [5.74, 6) is 1.66. The van der Waals surface area contributed by atoms with Crippen molar-refractivity contribution in [2.24, 2.45) is 0 Å². The molecule has 148 valence electrons. The van der Waals surface area contributed by atoms with Crippen molar-refractivity contribution < 1.29 is 14.3 Å². The lowest BCUT2D eigenvalue weighted by Gasteiger charge is -2.36. The lowest BCUT2D eigenvalue weighted by atomic mass is 10.1. The molecule has 1 atom stereocenters. The molecule has 1 amide bonds. The summed E-state index contributed by atoms with van der Waals surface area (Å²) in [6.07, 6.45) is 2.92. The molecule has 0 aromatic carbocycles. The summed E-state index contributed by atoms with van der Waals surface area (Å²) >= 11 is 0. The minimum absolute atomic E-state index is 0.0329. The molecule has 2 aliphatic rings. The molecule has 0 aliphatic carbocycles. The van der Waals surface area contributed by atoms with E-state index in [0.717, 1.165) is 5.82 Å². The van der Waals surface area contributed by atoms with Crippen LogP contribution in [0.4, 0.5) is 23.1 Å². The van der Waals surface area contributed by atoms with E-state index >= 15 is 0 Å². The van der Waals surface area contributed by atoms with Crippen LogP contribution in [-0.4, -0.2) is 72.9 Å². The van der Waals surface area contributed by atoms with Gasteiger partial charge >= 0.3 is 0 Å². The molecule has 10 nitrogen and oxygen atoms in total. The van der Waals surface area contributed by atoms with Crippen LogP contribution in [0.25, 0.3) is 0 Å². The quantitative estimate of drug-likeness (QED) is 0.660. The summed E-state index contributed by atoms with van der Waals surface area (Å²) in [6, 6.07) is 3.80. The number of carbonyl (C=O) groups is 1. The Kier molecular flexibility index (Phi) is 5.22. The molecule has 2 aromatic heterocycles. The van der Waals surface area contributed by atoms with Gasteiger partial charge in [0.05, 0.1) is 37.1 Å². The van der Waals surface area contributed by atoms with Gasteiger partial charge in [0.1, 0.15) is 18.2 Å². The van der Waals surface area contributed by atoms with Crippen LogP contribution >= 0.6 is 0 Å². The van der Waals surface area contributed by atoms with Crippen molar-refractivity contribution in [3.05, 3.63) is 23.9 Å². The van der Waals surface area contributed by atoms with Gasteiger partial charge in [0.25, 0.3) is 5.91 Å². The van der Waals surface area contributed by atoms with E-state index in [4.69, 9.17) is 19.9 Å². The van der Waals surface area contributed by atoms with E-state index < -0.39 is 0 Å². The number of aromatic amines is 1. The molecular weight excluding hydrogens is 362 g/mol. The Morgan fingerprint density at radius 3 is 2.93 bits per heavy atom. The van der Waals surface area contributed by atoms with E-state index in [9.17, 15) is 4.79 Å². The van der Waals surface area contributed by atoms with Gasteiger partial charge in [-0.15, -0.1) is 0 Å². The number of nitrogens with one attached hydrogen (secondary N) is 3. The number of morpholine rings is 2. The monoisotopic (exact) mass is 385 g/mol. The number of aromatic nitrogens is 3. The first-order valence-electron chi connectivity index (χ1n) is 9.22. The fourth-order valence-electron chi connectivity index (χ4n) is 3.43. The van der Waals surface area contributed by atoms with Gasteiger partial charge in [-0.25, -0.2) is 4.98 Å². The molecule has 3 N–H and O–H groups in total. The molecule has 2 aliphatic heterocycles. The van der Waals surface area contributed by atoms with E-state index in [1.807, 2.05) is 6.07 Å². The van der Waals surface area contributed by atoms with Crippen molar-refractivity contribution in [2.75, 3.05) is 54.6 Å². The maximum Gasteiger partial charge on any atom is 0.253 e. The Hall–Kier alpha value is -2.98. The minimum atomic E-state index is -0.132. The number of carbonyl (C=O) groups excluding carboxylic acids is 1. The Morgan fingerprint density at radius 1 is 1.36 bits per heavy atom. The first-order valence-corrected chi connectivity index (χ1v) is 9.22. The van der Waals surface area contributed by atoms with Crippen LogP contribution in [0.2, 0.25) is 0 Å². The first-order chi connectivity index (χ1) is 13.7. The van der Waals surface area contributed by atoms with Crippen molar-refractivity contribution in [3.63, 3.8) is 0 Å². The second-order valence-electron chi connectivity index (χ2n) is 6.71. The third-order valence-electron chi connectivity index (χ3n) is 4.85. The van der Waals surface area contributed by atoms with Crippen LogP contribution < -0.4 is 15.1 Å². The fraction of sp³-hybridized carbons (Fsp3) is 0.444. The normalized spacial score (nSPS) is 20.3. The molecule has 2 fully saturated rings. The number of hydrogen-bond acceptors (Lipinski definition) is 8. The lowest BCUT2D eigenvalue weighted by molar-refractivity contribution is -0.125. The van der Waals surface area contributed by atoms with Crippen LogP contribution in [0.1, 0.15) is 12.5 Å². The lowest BCUT2D eigenvalue weighted by Crippen LogP contribution is -2.45.